The summed E-state index contributed by atoms with van der Waals surface area (Å²) < 4.78 is 10.3. The summed E-state index contributed by atoms with van der Waals surface area (Å²) >= 11 is 0. The Kier molecular flexibility index (Phi) is 18.3. The predicted molar refractivity (Wildman–Crippen MR) is 164 cm³/mol. The fourth-order valence-electron chi connectivity index (χ4n) is 5.62. The third-order valence-corrected chi connectivity index (χ3v) is 8.02. The zero-order chi connectivity index (χ0) is 29.5. The van der Waals surface area contributed by atoms with Crippen LogP contribution in [0.25, 0.3) is 0 Å². The van der Waals surface area contributed by atoms with Crippen molar-refractivity contribution < 1.29 is 23.9 Å². The summed E-state index contributed by atoms with van der Waals surface area (Å²) in [5.41, 5.74) is 2.29. The van der Waals surface area contributed by atoms with Crippen LogP contribution in [-0.2, 0) is 25.5 Å². The SMILES string of the molecule is C#CCN(C(=O)OCOC(=O)CCCCC(=O)CCCCCCCCCCCCCCC)[C@@H]1CCc2ccccc21. The number of aryl methyl sites for hydroxylation is 1. The number of terminal acetylenes is 1. The number of nitrogens with zero attached hydrogens (tertiary/aromatic N) is 1. The van der Waals surface area contributed by atoms with Crippen LogP contribution < -0.4 is 0 Å². The molecule has 1 aliphatic rings. The Morgan fingerprint density at radius 1 is 0.805 bits per heavy atom. The average molecular weight is 568 g/mol. The van der Waals surface area contributed by atoms with Crippen LogP contribution in [0.15, 0.2) is 24.3 Å². The van der Waals surface area contributed by atoms with Crippen molar-refractivity contribution in [2.24, 2.45) is 0 Å². The Morgan fingerprint density at radius 2 is 1.37 bits per heavy atom. The fraction of sp³-hybridized carbons (Fsp3) is 0.686. The Labute approximate surface area is 248 Å². The molecular formula is C35H53NO5. The lowest BCUT2D eigenvalue weighted by molar-refractivity contribution is -0.152. The van der Waals surface area contributed by atoms with Crippen LogP contribution >= 0.6 is 0 Å². The van der Waals surface area contributed by atoms with Gasteiger partial charge in [-0.05, 0) is 43.2 Å². The summed E-state index contributed by atoms with van der Waals surface area (Å²) in [5.74, 6) is 2.37. The summed E-state index contributed by atoms with van der Waals surface area (Å²) in [7, 11) is 0. The first-order chi connectivity index (χ1) is 20.1. The molecule has 0 bridgehead atoms. The molecule has 0 fully saturated rings. The minimum Gasteiger partial charge on any atom is -0.428 e. The third kappa shape index (κ3) is 14.6. The lowest BCUT2D eigenvalue weighted by Gasteiger charge is -2.27. The number of amides is 1. The molecule has 2 rings (SSSR count). The van der Waals surface area contributed by atoms with E-state index in [9.17, 15) is 14.4 Å². The zero-order valence-electron chi connectivity index (χ0n) is 25.5. The normalized spacial score (nSPS) is 13.8. The molecule has 0 aromatic heterocycles. The van der Waals surface area contributed by atoms with E-state index in [-0.39, 0.29) is 24.8 Å². The van der Waals surface area contributed by atoms with E-state index in [4.69, 9.17) is 15.9 Å². The van der Waals surface area contributed by atoms with Gasteiger partial charge in [-0.3, -0.25) is 14.5 Å². The molecule has 0 unspecified atom stereocenters. The molecule has 41 heavy (non-hydrogen) atoms. The molecule has 1 aromatic rings. The van der Waals surface area contributed by atoms with E-state index >= 15 is 0 Å². The van der Waals surface area contributed by atoms with E-state index < -0.39 is 18.9 Å². The quantitative estimate of drug-likeness (QED) is 0.0571. The number of Topliss-reactive ketones (excluding diaryl/α,β-unsaturated/α-hetero) is 1. The van der Waals surface area contributed by atoms with Gasteiger partial charge >= 0.3 is 12.1 Å². The van der Waals surface area contributed by atoms with E-state index in [1.54, 1.807) is 0 Å². The topological polar surface area (TPSA) is 72.9 Å². The average Bonchev–Trinajstić information content (AvgIpc) is 3.40. The molecule has 228 valence electrons. The molecule has 1 aliphatic carbocycles. The maximum atomic E-state index is 12.7. The number of rotatable bonds is 23. The van der Waals surface area contributed by atoms with E-state index in [1.807, 2.05) is 18.2 Å². The van der Waals surface area contributed by atoms with Gasteiger partial charge in [0, 0.05) is 19.3 Å². The summed E-state index contributed by atoms with van der Waals surface area (Å²) in [5, 5.41) is 0. The van der Waals surface area contributed by atoms with Gasteiger partial charge in [0.1, 0.15) is 5.78 Å². The number of hydrogen-bond acceptors (Lipinski definition) is 5. The molecule has 0 N–H and O–H groups in total. The molecule has 0 spiro atoms. The second kappa shape index (κ2) is 21.9. The number of ether oxygens (including phenoxy) is 2. The second-order valence-electron chi connectivity index (χ2n) is 11.4. The molecule has 1 atom stereocenters. The molecule has 0 heterocycles. The number of unbranched alkanes of at least 4 members (excludes halogenated alkanes) is 13. The van der Waals surface area contributed by atoms with Gasteiger partial charge in [-0.2, -0.15) is 0 Å². The Balaban J connectivity index is 1.44. The maximum absolute atomic E-state index is 12.7. The molecule has 0 aliphatic heterocycles. The van der Waals surface area contributed by atoms with Crippen molar-refractivity contribution in [3.8, 4) is 12.3 Å². The summed E-state index contributed by atoms with van der Waals surface area (Å²) in [4.78, 5) is 38.4. The number of hydrogen-bond donors (Lipinski definition) is 0. The van der Waals surface area contributed by atoms with Crippen molar-refractivity contribution in [2.75, 3.05) is 13.3 Å². The monoisotopic (exact) mass is 567 g/mol. The predicted octanol–water partition coefficient (Wildman–Crippen LogP) is 8.86. The first kappa shape index (κ1) is 34.4. The number of carbonyl (C=O) groups is 3. The smallest absolute Gasteiger partial charge is 0.413 e. The first-order valence-corrected chi connectivity index (χ1v) is 16.2. The zero-order valence-corrected chi connectivity index (χ0v) is 25.5. The van der Waals surface area contributed by atoms with Crippen LogP contribution in [0.2, 0.25) is 0 Å². The number of carbonyl (C=O) groups excluding carboxylic acids is 3. The molecule has 0 saturated carbocycles. The van der Waals surface area contributed by atoms with Gasteiger partial charge in [-0.15, -0.1) is 6.42 Å². The lowest BCUT2D eigenvalue weighted by Crippen LogP contribution is -2.35. The summed E-state index contributed by atoms with van der Waals surface area (Å²) in [6, 6.07) is 7.87. The minimum atomic E-state index is -0.587. The van der Waals surface area contributed by atoms with Crippen LogP contribution in [0.5, 0.6) is 0 Å². The fourth-order valence-corrected chi connectivity index (χ4v) is 5.62. The van der Waals surface area contributed by atoms with Crippen LogP contribution in [-0.4, -0.2) is 36.1 Å². The van der Waals surface area contributed by atoms with Crippen molar-refractivity contribution in [3.05, 3.63) is 35.4 Å². The van der Waals surface area contributed by atoms with E-state index in [1.165, 1.54) is 81.1 Å². The third-order valence-electron chi connectivity index (χ3n) is 8.02. The van der Waals surface area contributed by atoms with E-state index in [0.29, 0.717) is 25.7 Å². The van der Waals surface area contributed by atoms with E-state index in [2.05, 4.69) is 18.9 Å². The van der Waals surface area contributed by atoms with Gasteiger partial charge in [0.2, 0.25) is 6.79 Å². The highest BCUT2D eigenvalue weighted by molar-refractivity contribution is 5.78. The van der Waals surface area contributed by atoms with Crippen LogP contribution in [0.1, 0.15) is 146 Å². The van der Waals surface area contributed by atoms with Gasteiger partial charge in [0.05, 0.1) is 12.6 Å². The highest BCUT2D eigenvalue weighted by Crippen LogP contribution is 2.35. The maximum Gasteiger partial charge on any atom is 0.413 e. The lowest BCUT2D eigenvalue weighted by atomic mass is 10.0. The Bertz CT molecular complexity index is 937. The van der Waals surface area contributed by atoms with Crippen LogP contribution in [0, 0.1) is 12.3 Å². The molecule has 0 radical (unpaired) electrons. The molecule has 6 heteroatoms. The van der Waals surface area contributed by atoms with Crippen molar-refractivity contribution in [2.45, 2.75) is 141 Å². The van der Waals surface area contributed by atoms with Crippen LogP contribution in [0.4, 0.5) is 4.79 Å². The number of benzene rings is 1. The molecular weight excluding hydrogens is 514 g/mol. The highest BCUT2D eigenvalue weighted by Gasteiger charge is 2.31. The summed E-state index contributed by atoms with van der Waals surface area (Å²) in [6.07, 6.45) is 26.0. The number of esters is 1. The van der Waals surface area contributed by atoms with Gasteiger partial charge < -0.3 is 9.47 Å². The highest BCUT2D eigenvalue weighted by atomic mass is 16.7. The standard InChI is InChI=1S/C35H53NO5/c1-3-5-6-7-8-9-10-11-12-13-14-15-16-22-31(37)23-18-20-25-34(38)40-29-41-35(39)36(28-4-2)33-27-26-30-21-17-19-24-32(30)33/h2,17,19,21,24,33H,3,5-16,18,20,22-23,25-29H2,1H3/t33-/m1/s1. The molecule has 1 amide bonds. The van der Waals surface area contributed by atoms with Crippen molar-refractivity contribution in [1.29, 1.82) is 0 Å². The Hall–Kier alpha value is -2.81. The minimum absolute atomic E-state index is 0.124. The van der Waals surface area contributed by atoms with Crippen molar-refractivity contribution in [1.82, 2.24) is 4.90 Å². The van der Waals surface area contributed by atoms with Gasteiger partial charge in [-0.25, -0.2) is 4.79 Å². The molecule has 1 aromatic carbocycles. The van der Waals surface area contributed by atoms with Gasteiger partial charge in [0.15, 0.2) is 0 Å². The number of ketones is 1. The first-order valence-electron chi connectivity index (χ1n) is 16.2. The second-order valence-corrected chi connectivity index (χ2v) is 11.4. The molecule has 6 nitrogen and oxygen atoms in total. The summed E-state index contributed by atoms with van der Waals surface area (Å²) in [6.45, 7) is 1.94. The van der Waals surface area contributed by atoms with E-state index in [0.717, 1.165) is 31.2 Å². The van der Waals surface area contributed by atoms with Gasteiger partial charge in [0.25, 0.3) is 0 Å². The van der Waals surface area contributed by atoms with Gasteiger partial charge in [-0.1, -0.05) is 114 Å². The number of fused-ring (bicyclic) bond motifs is 1. The Morgan fingerprint density at radius 3 is 2.00 bits per heavy atom. The van der Waals surface area contributed by atoms with Crippen molar-refractivity contribution in [3.63, 3.8) is 0 Å². The van der Waals surface area contributed by atoms with Crippen molar-refractivity contribution >= 4 is 17.8 Å². The van der Waals surface area contributed by atoms with Crippen LogP contribution in [0.3, 0.4) is 0 Å². The molecule has 0 saturated heterocycles. The largest absolute Gasteiger partial charge is 0.428 e.